The van der Waals surface area contributed by atoms with Gasteiger partial charge in [0.2, 0.25) is 5.17 Å². The molecule has 1 amide bonds. The van der Waals surface area contributed by atoms with Crippen molar-refractivity contribution in [2.24, 2.45) is 10.1 Å². The molecular weight excluding hydrogens is 445 g/mol. The van der Waals surface area contributed by atoms with Crippen LogP contribution in [0.15, 0.2) is 63.5 Å². The minimum absolute atomic E-state index is 0.0141. The van der Waals surface area contributed by atoms with Gasteiger partial charge in [-0.15, -0.1) is 11.3 Å². The summed E-state index contributed by atoms with van der Waals surface area (Å²) >= 11 is 2.97. The molecule has 9 heteroatoms. The molecule has 0 spiro atoms. The van der Waals surface area contributed by atoms with Gasteiger partial charge in [-0.1, -0.05) is 6.07 Å². The molecule has 0 saturated heterocycles. The van der Waals surface area contributed by atoms with Crippen LogP contribution in [0.2, 0.25) is 0 Å². The van der Waals surface area contributed by atoms with Crippen molar-refractivity contribution in [2.75, 3.05) is 0 Å². The van der Waals surface area contributed by atoms with Crippen LogP contribution in [0.3, 0.4) is 0 Å². The summed E-state index contributed by atoms with van der Waals surface area (Å²) in [5.74, 6) is -0.732. The number of nitrogens with one attached hydrogen (secondary N) is 1. The molecule has 0 radical (unpaired) electrons. The van der Waals surface area contributed by atoms with E-state index < -0.39 is 5.91 Å². The third kappa shape index (κ3) is 3.63. The number of benzene rings is 1. The number of hydrazone groups is 1. The highest BCUT2D eigenvalue weighted by Crippen LogP contribution is 2.31. The van der Waals surface area contributed by atoms with Crippen LogP contribution in [0.25, 0.3) is 11.8 Å². The van der Waals surface area contributed by atoms with E-state index in [4.69, 9.17) is 5.41 Å². The van der Waals surface area contributed by atoms with Crippen molar-refractivity contribution in [2.45, 2.75) is 20.3 Å². The van der Waals surface area contributed by atoms with Crippen LogP contribution in [0.5, 0.6) is 0 Å². The van der Waals surface area contributed by atoms with Crippen LogP contribution in [0, 0.1) is 25.1 Å². The van der Waals surface area contributed by atoms with Gasteiger partial charge in [0.1, 0.15) is 10.9 Å². The lowest BCUT2D eigenvalue weighted by molar-refractivity contribution is -0.114. The molecule has 1 aromatic carbocycles. The maximum atomic E-state index is 13.3. The minimum atomic E-state index is -0.451. The van der Waals surface area contributed by atoms with E-state index in [0.29, 0.717) is 11.6 Å². The number of aromatic nitrogens is 1. The Bertz CT molecular complexity index is 1330. The Morgan fingerprint density at radius 3 is 2.69 bits per heavy atom. The Hall–Kier alpha value is -3.30. The van der Waals surface area contributed by atoms with Gasteiger partial charge in [0.05, 0.1) is 5.57 Å². The Labute approximate surface area is 192 Å². The fraction of sp³-hybridized carbons (Fsp3) is 0.130. The lowest BCUT2D eigenvalue weighted by Gasteiger charge is -2.20. The second-order valence-electron chi connectivity index (χ2n) is 7.41. The zero-order valence-electron chi connectivity index (χ0n) is 17.3. The van der Waals surface area contributed by atoms with Crippen molar-refractivity contribution >= 4 is 51.1 Å². The molecule has 2 aliphatic heterocycles. The number of hydrogen-bond acceptors (Lipinski definition) is 5. The highest BCUT2D eigenvalue weighted by atomic mass is 32.2. The molecule has 5 rings (SSSR count). The molecule has 0 bridgehead atoms. The third-order valence-corrected chi connectivity index (χ3v) is 7.04. The zero-order chi connectivity index (χ0) is 22.4. The second kappa shape index (κ2) is 7.99. The molecular formula is C23H18FN5OS2. The minimum Gasteiger partial charge on any atom is -0.318 e. The smallest absolute Gasteiger partial charge is 0.283 e. The van der Waals surface area contributed by atoms with E-state index in [0.717, 1.165) is 27.7 Å². The monoisotopic (exact) mass is 463 g/mol. The number of thiophene rings is 1. The number of carbonyl (C=O) groups is 1. The molecule has 160 valence electrons. The molecule has 0 unspecified atom stereocenters. The maximum absolute atomic E-state index is 13.3. The topological polar surface area (TPSA) is 73.8 Å². The van der Waals surface area contributed by atoms with Gasteiger partial charge in [0.15, 0.2) is 5.84 Å². The van der Waals surface area contributed by atoms with Crippen molar-refractivity contribution in [3.63, 3.8) is 0 Å². The van der Waals surface area contributed by atoms with E-state index in [9.17, 15) is 9.18 Å². The van der Waals surface area contributed by atoms with Gasteiger partial charge in [0.25, 0.3) is 5.91 Å². The molecule has 0 fully saturated rings. The lowest BCUT2D eigenvalue weighted by atomic mass is 10.1. The Kier molecular flexibility index (Phi) is 5.15. The van der Waals surface area contributed by atoms with Crippen molar-refractivity contribution in [1.29, 1.82) is 5.41 Å². The first-order valence-electron chi connectivity index (χ1n) is 9.87. The zero-order valence-corrected chi connectivity index (χ0v) is 18.9. The first-order valence-corrected chi connectivity index (χ1v) is 11.6. The molecule has 3 aromatic rings. The van der Waals surface area contributed by atoms with Gasteiger partial charge >= 0.3 is 0 Å². The number of amides is 1. The van der Waals surface area contributed by atoms with Crippen molar-refractivity contribution in [3.8, 4) is 5.69 Å². The lowest BCUT2D eigenvalue weighted by Crippen LogP contribution is -2.35. The van der Waals surface area contributed by atoms with E-state index in [-0.39, 0.29) is 17.2 Å². The van der Waals surface area contributed by atoms with Gasteiger partial charge in [0, 0.05) is 28.4 Å². The van der Waals surface area contributed by atoms with Crippen LogP contribution < -0.4 is 0 Å². The van der Waals surface area contributed by atoms with E-state index in [1.807, 2.05) is 42.0 Å². The Morgan fingerprint density at radius 1 is 1.19 bits per heavy atom. The third-order valence-electron chi connectivity index (χ3n) is 5.26. The van der Waals surface area contributed by atoms with Crippen molar-refractivity contribution < 1.29 is 9.18 Å². The average Bonchev–Trinajstić information content (AvgIpc) is 3.47. The first-order chi connectivity index (χ1) is 15.4. The molecule has 4 heterocycles. The molecule has 6 nitrogen and oxygen atoms in total. The average molecular weight is 464 g/mol. The number of aryl methyl sites for hydroxylation is 1. The summed E-state index contributed by atoms with van der Waals surface area (Å²) in [4.78, 5) is 18.1. The maximum Gasteiger partial charge on any atom is 0.283 e. The number of rotatable bonds is 4. The highest BCUT2D eigenvalue weighted by Gasteiger charge is 2.35. The number of hydrogen-bond donors (Lipinski definition) is 1. The summed E-state index contributed by atoms with van der Waals surface area (Å²) in [5, 5.41) is 17.8. The van der Waals surface area contributed by atoms with Crippen molar-refractivity contribution in [1.82, 2.24) is 9.58 Å². The summed E-state index contributed by atoms with van der Waals surface area (Å²) < 4.78 is 15.3. The summed E-state index contributed by atoms with van der Waals surface area (Å²) in [7, 11) is 0. The summed E-state index contributed by atoms with van der Waals surface area (Å²) in [5.41, 5.74) is 3.64. The predicted octanol–water partition coefficient (Wildman–Crippen LogP) is 5.16. The number of aliphatic imine (C=N–C) groups is 1. The SMILES string of the molecule is Cc1cc(C=C2C(=N)N3N=C(Cc4cccs4)SC3=NC2=O)c(C)n1-c1ccc(F)cc1. The van der Waals surface area contributed by atoms with Crippen LogP contribution in [0.1, 0.15) is 21.8 Å². The Morgan fingerprint density at radius 2 is 1.97 bits per heavy atom. The number of nitrogens with zero attached hydrogens (tertiary/aromatic N) is 4. The van der Waals surface area contributed by atoms with Crippen LogP contribution in [0.4, 0.5) is 4.39 Å². The molecule has 1 N–H and O–H groups in total. The van der Waals surface area contributed by atoms with Gasteiger partial charge in [-0.25, -0.2) is 4.39 Å². The largest absolute Gasteiger partial charge is 0.318 e. The van der Waals surface area contributed by atoms with Gasteiger partial charge in [-0.2, -0.15) is 15.1 Å². The summed E-state index contributed by atoms with van der Waals surface area (Å²) in [6.07, 6.45) is 2.34. The van der Waals surface area contributed by atoms with E-state index in [1.54, 1.807) is 29.5 Å². The van der Waals surface area contributed by atoms with E-state index in [1.165, 1.54) is 33.8 Å². The fourth-order valence-corrected chi connectivity index (χ4v) is 5.45. The second-order valence-corrected chi connectivity index (χ2v) is 9.48. The number of carbonyl (C=O) groups excluding carboxylic acids is 1. The predicted molar refractivity (Wildman–Crippen MR) is 128 cm³/mol. The number of fused-ring (bicyclic) bond motifs is 1. The quantitative estimate of drug-likeness (QED) is 0.544. The van der Waals surface area contributed by atoms with Gasteiger partial charge in [-0.05, 0) is 79.0 Å². The normalized spacial score (nSPS) is 17.1. The standard InChI is InChI=1S/C23H18FN5OS2/c1-13-10-15(14(2)28(13)17-7-5-16(24)6-8-17)11-19-21(25)29-23(26-22(19)30)32-20(27-29)12-18-4-3-9-31-18/h3-11,25H,12H2,1-2H3. The molecule has 2 aromatic heterocycles. The number of halogens is 1. The van der Waals surface area contributed by atoms with Gasteiger partial charge in [-0.3, -0.25) is 10.2 Å². The first kappa shape index (κ1) is 20.6. The summed E-state index contributed by atoms with van der Waals surface area (Å²) in [6.45, 7) is 3.87. The molecule has 0 saturated carbocycles. The molecule has 0 aliphatic carbocycles. The fourth-order valence-electron chi connectivity index (χ4n) is 3.74. The Balaban J connectivity index is 1.47. The van der Waals surface area contributed by atoms with Crippen LogP contribution in [-0.4, -0.2) is 31.5 Å². The number of amidine groups is 2. The van der Waals surface area contributed by atoms with E-state index >= 15 is 0 Å². The van der Waals surface area contributed by atoms with Crippen molar-refractivity contribution in [3.05, 3.63) is 81.1 Å². The summed E-state index contributed by atoms with van der Waals surface area (Å²) in [6, 6.07) is 12.2. The molecule has 2 aliphatic rings. The number of thioether (sulfide) groups is 1. The highest BCUT2D eigenvalue weighted by molar-refractivity contribution is 8.27. The molecule has 32 heavy (non-hydrogen) atoms. The molecule has 0 atom stereocenters. The van der Waals surface area contributed by atoms with Gasteiger partial charge < -0.3 is 4.57 Å². The van der Waals surface area contributed by atoms with E-state index in [2.05, 4.69) is 10.1 Å². The van der Waals surface area contributed by atoms with Crippen LogP contribution in [-0.2, 0) is 11.2 Å². The van der Waals surface area contributed by atoms with Crippen LogP contribution >= 0.6 is 23.1 Å².